The van der Waals surface area contributed by atoms with E-state index in [0.29, 0.717) is 12.8 Å². The monoisotopic (exact) mass is 779 g/mol. The molecular formula is C42H70NO10P. The number of phosphoric acid groups is 1. The molecule has 0 radical (unpaired) electrons. The summed E-state index contributed by atoms with van der Waals surface area (Å²) >= 11 is 0. The highest BCUT2D eigenvalue weighted by Crippen LogP contribution is 2.43. The average molecular weight is 780 g/mol. The van der Waals surface area contributed by atoms with E-state index in [-0.39, 0.29) is 19.4 Å². The van der Waals surface area contributed by atoms with Crippen LogP contribution in [-0.4, -0.2) is 59.9 Å². The topological polar surface area (TPSA) is 172 Å². The summed E-state index contributed by atoms with van der Waals surface area (Å²) in [5, 5.41) is 8.87. The number of carboxylic acid groups (broad SMARTS) is 1. The highest BCUT2D eigenvalue weighted by Gasteiger charge is 2.28. The van der Waals surface area contributed by atoms with Crippen LogP contribution in [-0.2, 0) is 37.5 Å². The molecule has 0 rings (SSSR count). The third-order valence-corrected chi connectivity index (χ3v) is 8.87. The van der Waals surface area contributed by atoms with Crippen LogP contribution in [0.15, 0.2) is 72.9 Å². The maximum absolute atomic E-state index is 12.6. The first-order chi connectivity index (χ1) is 26.1. The molecule has 0 heterocycles. The van der Waals surface area contributed by atoms with Crippen LogP contribution in [0.5, 0.6) is 0 Å². The van der Waals surface area contributed by atoms with Crippen LogP contribution in [0.25, 0.3) is 0 Å². The van der Waals surface area contributed by atoms with Gasteiger partial charge in [-0.15, -0.1) is 0 Å². The lowest BCUT2D eigenvalue weighted by atomic mass is 10.1. The fourth-order valence-corrected chi connectivity index (χ4v) is 5.58. The first-order valence-corrected chi connectivity index (χ1v) is 21.5. The standard InChI is InChI=1S/C42H70NO10P/c1-3-5-7-9-11-13-15-17-18-19-20-22-24-26-28-30-32-34-41(45)53-38(36-51-54(48,49)52-37-39(43)42(46)47)35-50-40(44)33-31-29-27-25-23-21-16-14-12-10-8-6-4-2/h5,7-8,10-11,13-14,16-18,20,22,38-39H,3-4,6,9,12,15,19,21,23-37,43H2,1-2H3,(H,46,47)(H,48,49)/b7-5-,10-8-,13-11-,16-14-,18-17-,22-20-. The Morgan fingerprint density at radius 2 is 1.04 bits per heavy atom. The van der Waals surface area contributed by atoms with Crippen LogP contribution >= 0.6 is 7.82 Å². The molecule has 0 bridgehead atoms. The number of hydrogen-bond acceptors (Lipinski definition) is 9. The quantitative estimate of drug-likeness (QED) is 0.0239. The molecule has 0 aromatic heterocycles. The Morgan fingerprint density at radius 3 is 1.56 bits per heavy atom. The van der Waals surface area contributed by atoms with Crippen LogP contribution in [0, 0.1) is 0 Å². The molecule has 3 atom stereocenters. The number of carbonyl (C=O) groups is 3. The average Bonchev–Trinajstić information content (AvgIpc) is 3.14. The molecule has 0 spiro atoms. The largest absolute Gasteiger partial charge is 0.480 e. The fourth-order valence-electron chi connectivity index (χ4n) is 4.80. The van der Waals surface area contributed by atoms with Crippen molar-refractivity contribution in [2.75, 3.05) is 19.8 Å². The molecule has 11 nitrogen and oxygen atoms in total. The second-order valence-electron chi connectivity index (χ2n) is 13.0. The van der Waals surface area contributed by atoms with Gasteiger partial charge in [-0.3, -0.25) is 23.4 Å². The lowest BCUT2D eigenvalue weighted by molar-refractivity contribution is -0.161. The SMILES string of the molecule is CC/C=C\C/C=C\C/C=C\C/C=C\CCCCCCC(=O)OC(COC(=O)CCCCCCC/C=C\C/C=C\CCC)COP(=O)(O)OCC(N)C(=O)O. The van der Waals surface area contributed by atoms with Gasteiger partial charge in [0.05, 0.1) is 13.2 Å². The first kappa shape index (κ1) is 50.9. The summed E-state index contributed by atoms with van der Waals surface area (Å²) in [7, 11) is -4.73. The molecule has 0 aliphatic carbocycles. The molecular weight excluding hydrogens is 709 g/mol. The van der Waals surface area contributed by atoms with Gasteiger partial charge in [0, 0.05) is 12.8 Å². The first-order valence-electron chi connectivity index (χ1n) is 20.0. The lowest BCUT2D eigenvalue weighted by Crippen LogP contribution is -2.34. The molecule has 12 heteroatoms. The maximum Gasteiger partial charge on any atom is 0.472 e. The Kier molecular flexibility index (Phi) is 34.8. The molecule has 0 aromatic carbocycles. The summed E-state index contributed by atoms with van der Waals surface area (Å²) in [6.45, 7) is 2.55. The molecule has 0 saturated carbocycles. The number of esters is 2. The summed E-state index contributed by atoms with van der Waals surface area (Å²) in [5.41, 5.74) is 5.32. The minimum atomic E-state index is -4.73. The zero-order valence-corrected chi connectivity index (χ0v) is 33.9. The second kappa shape index (κ2) is 36.9. The van der Waals surface area contributed by atoms with Crippen LogP contribution in [0.3, 0.4) is 0 Å². The smallest absolute Gasteiger partial charge is 0.472 e. The summed E-state index contributed by atoms with van der Waals surface area (Å²) in [5.74, 6) is -2.44. The van der Waals surface area contributed by atoms with Crippen molar-refractivity contribution in [1.29, 1.82) is 0 Å². The number of allylic oxidation sites excluding steroid dienone is 12. The van der Waals surface area contributed by atoms with Crippen molar-refractivity contribution in [3.63, 3.8) is 0 Å². The van der Waals surface area contributed by atoms with E-state index in [0.717, 1.165) is 103 Å². The van der Waals surface area contributed by atoms with Gasteiger partial charge in [-0.1, -0.05) is 125 Å². The molecule has 0 fully saturated rings. The number of unbranched alkanes of at least 4 members (excludes halogenated alkanes) is 10. The number of rotatable bonds is 36. The lowest BCUT2D eigenvalue weighted by Gasteiger charge is -2.20. The van der Waals surface area contributed by atoms with Gasteiger partial charge in [0.2, 0.25) is 0 Å². The van der Waals surface area contributed by atoms with Crippen LogP contribution in [0.4, 0.5) is 0 Å². The van der Waals surface area contributed by atoms with Crippen molar-refractivity contribution in [3.8, 4) is 0 Å². The zero-order chi connectivity index (χ0) is 40.0. The fraction of sp³-hybridized carbons (Fsp3) is 0.643. The molecule has 308 valence electrons. The number of aliphatic carboxylic acids is 1. The predicted octanol–water partition coefficient (Wildman–Crippen LogP) is 10.2. The van der Waals surface area contributed by atoms with E-state index in [4.69, 9.17) is 24.8 Å². The van der Waals surface area contributed by atoms with Crippen LogP contribution in [0.2, 0.25) is 0 Å². The molecule has 0 amide bonds. The molecule has 0 aliphatic rings. The molecule has 0 saturated heterocycles. The van der Waals surface area contributed by atoms with Crippen LogP contribution < -0.4 is 5.73 Å². The van der Waals surface area contributed by atoms with Gasteiger partial charge < -0.3 is 25.2 Å². The van der Waals surface area contributed by atoms with Gasteiger partial charge in [-0.25, -0.2) is 4.57 Å². The van der Waals surface area contributed by atoms with Crippen molar-refractivity contribution in [2.45, 2.75) is 154 Å². The van der Waals surface area contributed by atoms with Crippen molar-refractivity contribution in [3.05, 3.63) is 72.9 Å². The van der Waals surface area contributed by atoms with Crippen molar-refractivity contribution in [2.24, 2.45) is 5.73 Å². The Morgan fingerprint density at radius 1 is 0.593 bits per heavy atom. The number of hydrogen-bond donors (Lipinski definition) is 3. The summed E-state index contributed by atoms with van der Waals surface area (Å²) in [6, 6.07) is -1.53. The number of nitrogens with two attached hydrogens (primary N) is 1. The van der Waals surface area contributed by atoms with E-state index in [1.54, 1.807) is 0 Å². The zero-order valence-electron chi connectivity index (χ0n) is 33.0. The van der Waals surface area contributed by atoms with Crippen molar-refractivity contribution < 1.29 is 47.5 Å². The normalized spacial score (nSPS) is 14.6. The van der Waals surface area contributed by atoms with E-state index < -0.39 is 51.1 Å². The van der Waals surface area contributed by atoms with Crippen LogP contribution in [0.1, 0.15) is 142 Å². The molecule has 4 N–H and O–H groups in total. The Balaban J connectivity index is 4.50. The Hall–Kier alpha value is -3.08. The summed E-state index contributed by atoms with van der Waals surface area (Å²) < 4.78 is 32.6. The van der Waals surface area contributed by atoms with Gasteiger partial charge in [0.15, 0.2) is 6.10 Å². The maximum atomic E-state index is 12.6. The van der Waals surface area contributed by atoms with Gasteiger partial charge in [-0.05, 0) is 77.0 Å². The summed E-state index contributed by atoms with van der Waals surface area (Å²) in [6.07, 6.45) is 42.5. The number of phosphoric ester groups is 1. The highest BCUT2D eigenvalue weighted by molar-refractivity contribution is 7.47. The van der Waals surface area contributed by atoms with Crippen molar-refractivity contribution in [1.82, 2.24) is 0 Å². The molecule has 0 aromatic rings. The second-order valence-corrected chi connectivity index (χ2v) is 14.5. The third kappa shape index (κ3) is 35.9. The molecule has 54 heavy (non-hydrogen) atoms. The van der Waals surface area contributed by atoms with Gasteiger partial charge in [0.25, 0.3) is 0 Å². The van der Waals surface area contributed by atoms with E-state index in [2.05, 4.69) is 91.3 Å². The number of carboxylic acids is 1. The number of ether oxygens (including phenoxy) is 2. The van der Waals surface area contributed by atoms with E-state index in [1.807, 2.05) is 0 Å². The van der Waals surface area contributed by atoms with E-state index >= 15 is 0 Å². The minimum Gasteiger partial charge on any atom is -0.480 e. The Bertz CT molecular complexity index is 1190. The predicted molar refractivity (Wildman–Crippen MR) is 217 cm³/mol. The van der Waals surface area contributed by atoms with Gasteiger partial charge >= 0.3 is 25.7 Å². The Labute approximate surface area is 325 Å². The number of carbonyl (C=O) groups excluding carboxylic acids is 2. The third-order valence-electron chi connectivity index (χ3n) is 7.92. The molecule has 3 unspecified atom stereocenters. The van der Waals surface area contributed by atoms with Crippen molar-refractivity contribution >= 4 is 25.7 Å². The summed E-state index contributed by atoms with van der Waals surface area (Å²) in [4.78, 5) is 45.8. The van der Waals surface area contributed by atoms with E-state index in [9.17, 15) is 23.8 Å². The van der Waals surface area contributed by atoms with Gasteiger partial charge in [-0.2, -0.15) is 0 Å². The minimum absolute atomic E-state index is 0.126. The van der Waals surface area contributed by atoms with E-state index in [1.165, 1.54) is 0 Å². The molecule has 0 aliphatic heterocycles. The van der Waals surface area contributed by atoms with Gasteiger partial charge in [0.1, 0.15) is 12.6 Å². The highest BCUT2D eigenvalue weighted by atomic mass is 31.2.